The van der Waals surface area contributed by atoms with Crippen molar-refractivity contribution in [3.05, 3.63) is 71.3 Å². The molecule has 3 aromatic rings. The number of nitrogens with one attached hydrogen (secondary N) is 1. The fourth-order valence-corrected chi connectivity index (χ4v) is 3.11. The fraction of sp³-hybridized carbons (Fsp3) is 0.261. The molecular formula is C23H25NO3. The molecular weight excluding hydrogens is 338 g/mol. The van der Waals surface area contributed by atoms with Crippen molar-refractivity contribution in [2.24, 2.45) is 0 Å². The van der Waals surface area contributed by atoms with Crippen LogP contribution in [0.15, 0.2) is 54.6 Å². The van der Waals surface area contributed by atoms with Crippen LogP contribution in [-0.2, 0) is 0 Å². The number of amides is 1. The van der Waals surface area contributed by atoms with Gasteiger partial charge in [0.2, 0.25) is 0 Å². The van der Waals surface area contributed by atoms with E-state index in [1.165, 1.54) is 5.56 Å². The first kappa shape index (κ1) is 18.8. The molecule has 0 spiro atoms. The van der Waals surface area contributed by atoms with E-state index in [-0.39, 0.29) is 11.7 Å². The molecule has 0 fully saturated rings. The van der Waals surface area contributed by atoms with Crippen molar-refractivity contribution in [1.29, 1.82) is 0 Å². The van der Waals surface area contributed by atoms with E-state index in [0.717, 1.165) is 29.5 Å². The van der Waals surface area contributed by atoms with E-state index in [0.29, 0.717) is 24.1 Å². The number of unbranched alkanes of at least 4 members (excludes halogenated alkanes) is 1. The van der Waals surface area contributed by atoms with Crippen molar-refractivity contribution in [2.45, 2.75) is 26.7 Å². The Hall–Kier alpha value is -3.01. The maximum Gasteiger partial charge on any atom is 0.255 e. The van der Waals surface area contributed by atoms with Crippen LogP contribution in [0.4, 0.5) is 0 Å². The minimum absolute atomic E-state index is 0.0313. The number of hydrogen-bond donors (Lipinski definition) is 2. The third-order valence-electron chi connectivity index (χ3n) is 4.59. The number of aromatic hydroxyl groups is 1. The van der Waals surface area contributed by atoms with Crippen LogP contribution in [0.1, 0.15) is 34.3 Å². The van der Waals surface area contributed by atoms with Gasteiger partial charge < -0.3 is 15.2 Å². The fourth-order valence-electron chi connectivity index (χ4n) is 3.11. The Morgan fingerprint density at radius 1 is 1.04 bits per heavy atom. The lowest BCUT2D eigenvalue weighted by atomic mass is 10.0. The topological polar surface area (TPSA) is 58.6 Å². The first-order valence-electron chi connectivity index (χ1n) is 9.25. The summed E-state index contributed by atoms with van der Waals surface area (Å²) in [4.78, 5) is 12.3. The lowest BCUT2D eigenvalue weighted by Crippen LogP contribution is -2.24. The minimum Gasteiger partial charge on any atom is -0.506 e. The van der Waals surface area contributed by atoms with Gasteiger partial charge in [0.25, 0.3) is 5.91 Å². The molecule has 27 heavy (non-hydrogen) atoms. The van der Waals surface area contributed by atoms with Gasteiger partial charge in [-0.3, -0.25) is 4.79 Å². The zero-order valence-corrected chi connectivity index (χ0v) is 15.8. The summed E-state index contributed by atoms with van der Waals surface area (Å²) in [5, 5.41) is 14.8. The number of phenolic OH excluding ortho intramolecular Hbond substituents is 1. The van der Waals surface area contributed by atoms with Crippen LogP contribution < -0.4 is 10.1 Å². The highest BCUT2D eigenvalue weighted by molar-refractivity contribution is 6.03. The minimum atomic E-state index is -0.256. The van der Waals surface area contributed by atoms with Gasteiger partial charge in [0.1, 0.15) is 11.5 Å². The highest BCUT2D eigenvalue weighted by atomic mass is 16.5. The zero-order valence-electron chi connectivity index (χ0n) is 15.8. The molecule has 0 aliphatic heterocycles. The van der Waals surface area contributed by atoms with Gasteiger partial charge >= 0.3 is 0 Å². The van der Waals surface area contributed by atoms with Crippen LogP contribution >= 0.6 is 0 Å². The number of hydrogen-bond acceptors (Lipinski definition) is 3. The smallest absolute Gasteiger partial charge is 0.255 e. The van der Waals surface area contributed by atoms with Crippen LogP contribution in [0.5, 0.6) is 11.5 Å². The lowest BCUT2D eigenvalue weighted by molar-refractivity contribution is 0.0950. The molecule has 0 saturated carbocycles. The number of aryl methyl sites for hydroxylation is 2. The van der Waals surface area contributed by atoms with Crippen LogP contribution in [0, 0.1) is 13.8 Å². The maximum atomic E-state index is 12.3. The molecule has 0 unspecified atom stereocenters. The monoisotopic (exact) mass is 363 g/mol. The predicted molar refractivity (Wildman–Crippen MR) is 109 cm³/mol. The summed E-state index contributed by atoms with van der Waals surface area (Å²) >= 11 is 0. The van der Waals surface area contributed by atoms with Gasteiger partial charge in [-0.25, -0.2) is 0 Å². The summed E-state index contributed by atoms with van der Waals surface area (Å²) in [5.74, 6) is 0.683. The summed E-state index contributed by atoms with van der Waals surface area (Å²) < 4.78 is 5.80. The van der Waals surface area contributed by atoms with Gasteiger partial charge in [0, 0.05) is 11.9 Å². The SMILES string of the molecule is Cc1ccc(OCCCCNC(=O)c2ccc3ccccc3c2O)c(C)c1. The van der Waals surface area contributed by atoms with Crippen molar-refractivity contribution in [3.8, 4) is 11.5 Å². The van der Waals surface area contributed by atoms with Crippen molar-refractivity contribution in [3.63, 3.8) is 0 Å². The molecule has 0 radical (unpaired) electrons. The highest BCUT2D eigenvalue weighted by Gasteiger charge is 2.13. The molecule has 0 atom stereocenters. The second-order valence-corrected chi connectivity index (χ2v) is 6.76. The van der Waals surface area contributed by atoms with Gasteiger partial charge in [-0.2, -0.15) is 0 Å². The predicted octanol–water partition coefficient (Wildman–Crippen LogP) is 4.75. The average Bonchev–Trinajstić information content (AvgIpc) is 2.66. The van der Waals surface area contributed by atoms with Gasteiger partial charge in [0.05, 0.1) is 12.2 Å². The maximum absolute atomic E-state index is 12.3. The second kappa shape index (κ2) is 8.58. The molecule has 140 valence electrons. The third kappa shape index (κ3) is 4.59. The van der Waals surface area contributed by atoms with Crippen molar-refractivity contribution >= 4 is 16.7 Å². The van der Waals surface area contributed by atoms with E-state index in [1.54, 1.807) is 6.07 Å². The standard InChI is InChI=1S/C23H25NO3/c1-16-9-12-21(17(2)15-16)27-14-6-5-13-24-23(26)20-11-10-18-7-3-4-8-19(18)22(20)25/h3-4,7-12,15,25H,5-6,13-14H2,1-2H3,(H,24,26). The summed E-state index contributed by atoms with van der Waals surface area (Å²) in [6.07, 6.45) is 1.66. The van der Waals surface area contributed by atoms with Crippen molar-refractivity contribution in [1.82, 2.24) is 5.32 Å². The van der Waals surface area contributed by atoms with Gasteiger partial charge in [-0.15, -0.1) is 0 Å². The van der Waals surface area contributed by atoms with E-state index in [4.69, 9.17) is 4.74 Å². The second-order valence-electron chi connectivity index (χ2n) is 6.76. The van der Waals surface area contributed by atoms with Crippen LogP contribution in [0.25, 0.3) is 10.8 Å². The number of carbonyl (C=O) groups excluding carboxylic acids is 1. The zero-order chi connectivity index (χ0) is 19.2. The van der Waals surface area contributed by atoms with E-state index in [1.807, 2.05) is 49.4 Å². The molecule has 2 N–H and O–H groups in total. The molecule has 0 aliphatic rings. The van der Waals surface area contributed by atoms with Crippen LogP contribution in [-0.4, -0.2) is 24.2 Å². The third-order valence-corrected chi connectivity index (χ3v) is 4.59. The molecule has 3 aromatic carbocycles. The normalized spacial score (nSPS) is 10.7. The molecule has 0 saturated heterocycles. The van der Waals surface area contributed by atoms with E-state index in [2.05, 4.69) is 18.3 Å². The lowest BCUT2D eigenvalue weighted by Gasteiger charge is -2.11. The largest absolute Gasteiger partial charge is 0.506 e. The number of carbonyl (C=O) groups is 1. The van der Waals surface area contributed by atoms with Crippen LogP contribution in [0.2, 0.25) is 0 Å². The number of fused-ring (bicyclic) bond motifs is 1. The summed E-state index contributed by atoms with van der Waals surface area (Å²) in [6, 6.07) is 17.1. The molecule has 0 aliphatic carbocycles. The Balaban J connectivity index is 1.45. The average molecular weight is 363 g/mol. The van der Waals surface area contributed by atoms with Crippen LogP contribution in [0.3, 0.4) is 0 Å². The molecule has 4 nitrogen and oxygen atoms in total. The van der Waals surface area contributed by atoms with Crippen molar-refractivity contribution < 1.29 is 14.6 Å². The molecule has 0 aromatic heterocycles. The summed E-state index contributed by atoms with van der Waals surface area (Å²) in [7, 11) is 0. The highest BCUT2D eigenvalue weighted by Crippen LogP contribution is 2.28. The number of benzene rings is 3. The number of phenols is 1. The quantitative estimate of drug-likeness (QED) is 0.596. The van der Waals surface area contributed by atoms with E-state index in [9.17, 15) is 9.90 Å². The van der Waals surface area contributed by atoms with Crippen molar-refractivity contribution in [2.75, 3.05) is 13.2 Å². The summed E-state index contributed by atoms with van der Waals surface area (Å²) in [5.41, 5.74) is 2.66. The molecule has 3 rings (SSSR count). The summed E-state index contributed by atoms with van der Waals surface area (Å²) in [6.45, 7) is 5.26. The van der Waals surface area contributed by atoms with Gasteiger partial charge in [-0.05, 0) is 49.8 Å². The number of ether oxygens (including phenoxy) is 1. The molecule has 0 heterocycles. The molecule has 0 bridgehead atoms. The Labute approximate surface area is 159 Å². The number of rotatable bonds is 7. The van der Waals surface area contributed by atoms with Gasteiger partial charge in [-0.1, -0.05) is 48.0 Å². The Morgan fingerprint density at radius 3 is 2.67 bits per heavy atom. The molecule has 1 amide bonds. The van der Waals surface area contributed by atoms with Gasteiger partial charge in [0.15, 0.2) is 0 Å². The first-order chi connectivity index (χ1) is 13.1. The van der Waals surface area contributed by atoms with E-state index >= 15 is 0 Å². The first-order valence-corrected chi connectivity index (χ1v) is 9.25. The Kier molecular flexibility index (Phi) is 5.97. The van der Waals surface area contributed by atoms with E-state index < -0.39 is 0 Å². The Bertz CT molecular complexity index is 950. The molecule has 4 heteroatoms. The Morgan fingerprint density at radius 2 is 1.85 bits per heavy atom.